The van der Waals surface area contributed by atoms with Gasteiger partial charge in [-0.3, -0.25) is 0 Å². The highest BCUT2D eigenvalue weighted by Crippen LogP contribution is 2.23. The summed E-state index contributed by atoms with van der Waals surface area (Å²) in [5.74, 6) is 0.542. The Morgan fingerprint density at radius 2 is 1.85 bits per heavy atom. The van der Waals surface area contributed by atoms with Gasteiger partial charge < -0.3 is 15.8 Å². The van der Waals surface area contributed by atoms with Gasteiger partial charge in [0.2, 0.25) is 0 Å². The molecule has 2 aromatic carbocycles. The first-order valence-electron chi connectivity index (χ1n) is 6.60. The van der Waals surface area contributed by atoms with Gasteiger partial charge in [-0.15, -0.1) is 0 Å². The van der Waals surface area contributed by atoms with E-state index in [2.05, 4.69) is 5.32 Å². The predicted molar refractivity (Wildman–Crippen MR) is 79.8 cm³/mol. The molecule has 0 spiro atoms. The molecule has 106 valence electrons. The van der Waals surface area contributed by atoms with Crippen molar-refractivity contribution in [2.24, 2.45) is 5.73 Å². The number of benzene rings is 2. The Labute approximate surface area is 118 Å². The molecule has 3 nitrogen and oxygen atoms in total. The van der Waals surface area contributed by atoms with Gasteiger partial charge in [0.1, 0.15) is 11.6 Å². The van der Waals surface area contributed by atoms with Crippen molar-refractivity contribution < 1.29 is 9.13 Å². The average Bonchev–Trinajstić information content (AvgIpc) is 2.42. The van der Waals surface area contributed by atoms with Crippen molar-refractivity contribution in [2.45, 2.75) is 26.5 Å². The van der Waals surface area contributed by atoms with Crippen LogP contribution in [0.15, 0.2) is 42.5 Å². The van der Waals surface area contributed by atoms with Crippen molar-refractivity contribution in [1.29, 1.82) is 0 Å². The van der Waals surface area contributed by atoms with Crippen molar-refractivity contribution in [3.63, 3.8) is 0 Å². The van der Waals surface area contributed by atoms with Crippen molar-refractivity contribution in [2.75, 3.05) is 5.32 Å². The lowest BCUT2D eigenvalue weighted by Gasteiger charge is -2.13. The molecule has 0 aliphatic rings. The number of nitrogens with two attached hydrogens (primary N) is 1. The van der Waals surface area contributed by atoms with Crippen LogP contribution in [0.3, 0.4) is 0 Å². The van der Waals surface area contributed by atoms with Gasteiger partial charge >= 0.3 is 0 Å². The van der Waals surface area contributed by atoms with E-state index in [9.17, 15) is 4.39 Å². The van der Waals surface area contributed by atoms with E-state index < -0.39 is 0 Å². The maximum Gasteiger partial charge on any atom is 0.123 e. The number of ether oxygens (including phenoxy) is 1. The highest BCUT2D eigenvalue weighted by Gasteiger charge is 2.04. The molecule has 0 fully saturated rings. The molecule has 4 heteroatoms. The normalized spacial score (nSPS) is 10.7. The van der Waals surface area contributed by atoms with Crippen LogP contribution in [0, 0.1) is 5.82 Å². The molecule has 0 aromatic heterocycles. The zero-order chi connectivity index (χ0) is 14.5. The summed E-state index contributed by atoms with van der Waals surface area (Å²) in [4.78, 5) is 0. The Morgan fingerprint density at radius 1 is 1.15 bits per heavy atom. The number of anilines is 2. The number of halogens is 1. The zero-order valence-electron chi connectivity index (χ0n) is 11.7. The monoisotopic (exact) mass is 274 g/mol. The van der Waals surface area contributed by atoms with Gasteiger partial charge in [-0.05, 0) is 61.9 Å². The number of hydrogen-bond acceptors (Lipinski definition) is 3. The minimum atomic E-state index is -0.281. The number of nitrogens with one attached hydrogen (secondary N) is 1. The van der Waals surface area contributed by atoms with Crippen molar-refractivity contribution in [1.82, 2.24) is 0 Å². The lowest BCUT2D eigenvalue weighted by atomic mass is 10.1. The molecule has 0 saturated heterocycles. The number of hydrogen-bond donors (Lipinski definition) is 2. The molecular formula is C16H19FN2O. The summed E-state index contributed by atoms with van der Waals surface area (Å²) in [7, 11) is 0. The quantitative estimate of drug-likeness (QED) is 0.871. The molecule has 0 aliphatic carbocycles. The first-order valence-corrected chi connectivity index (χ1v) is 6.60. The van der Waals surface area contributed by atoms with Crippen LogP contribution in [-0.4, -0.2) is 6.10 Å². The molecule has 0 atom stereocenters. The third-order valence-electron chi connectivity index (χ3n) is 2.79. The van der Waals surface area contributed by atoms with Crippen LogP contribution in [-0.2, 0) is 6.54 Å². The summed E-state index contributed by atoms with van der Waals surface area (Å²) in [6, 6.07) is 12.2. The highest BCUT2D eigenvalue weighted by atomic mass is 19.1. The van der Waals surface area contributed by atoms with Gasteiger partial charge in [0.05, 0.1) is 6.10 Å². The van der Waals surface area contributed by atoms with E-state index in [-0.39, 0.29) is 18.5 Å². The average molecular weight is 274 g/mol. The molecule has 0 bridgehead atoms. The van der Waals surface area contributed by atoms with Crippen LogP contribution < -0.4 is 15.8 Å². The smallest absolute Gasteiger partial charge is 0.123 e. The van der Waals surface area contributed by atoms with E-state index >= 15 is 0 Å². The second-order valence-corrected chi connectivity index (χ2v) is 4.82. The third-order valence-corrected chi connectivity index (χ3v) is 2.79. The van der Waals surface area contributed by atoms with E-state index in [1.54, 1.807) is 6.07 Å². The Balaban J connectivity index is 2.14. The molecule has 3 N–H and O–H groups in total. The molecule has 2 aromatic rings. The predicted octanol–water partition coefficient (Wildman–Crippen LogP) is 3.82. The fraction of sp³-hybridized carbons (Fsp3) is 0.250. The Hall–Kier alpha value is -2.07. The summed E-state index contributed by atoms with van der Waals surface area (Å²) in [5, 5.41) is 3.23. The summed E-state index contributed by atoms with van der Waals surface area (Å²) < 4.78 is 18.7. The van der Waals surface area contributed by atoms with Crippen molar-refractivity contribution in [3.8, 4) is 5.75 Å². The second-order valence-electron chi connectivity index (χ2n) is 4.82. The largest absolute Gasteiger partial charge is 0.491 e. The molecular weight excluding hydrogens is 255 g/mol. The van der Waals surface area contributed by atoms with Gasteiger partial charge in [0, 0.05) is 17.9 Å². The van der Waals surface area contributed by atoms with Gasteiger partial charge in [-0.2, -0.15) is 0 Å². The van der Waals surface area contributed by atoms with E-state index in [4.69, 9.17) is 10.5 Å². The fourth-order valence-corrected chi connectivity index (χ4v) is 1.90. The van der Waals surface area contributed by atoms with Crippen LogP contribution in [0.25, 0.3) is 0 Å². The minimum Gasteiger partial charge on any atom is -0.491 e. The molecule has 0 amide bonds. The van der Waals surface area contributed by atoms with E-state index in [0.717, 1.165) is 22.7 Å². The first kappa shape index (κ1) is 14.3. The summed E-state index contributed by atoms with van der Waals surface area (Å²) >= 11 is 0. The lowest BCUT2D eigenvalue weighted by molar-refractivity contribution is 0.242. The fourth-order valence-electron chi connectivity index (χ4n) is 1.90. The maximum absolute atomic E-state index is 13.1. The molecule has 0 aliphatic heterocycles. The Morgan fingerprint density at radius 3 is 2.45 bits per heavy atom. The van der Waals surface area contributed by atoms with Crippen LogP contribution in [0.4, 0.5) is 15.8 Å². The van der Waals surface area contributed by atoms with Gasteiger partial charge in [0.15, 0.2) is 0 Å². The van der Waals surface area contributed by atoms with Crippen molar-refractivity contribution >= 4 is 11.4 Å². The van der Waals surface area contributed by atoms with Crippen LogP contribution in [0.2, 0.25) is 0 Å². The summed E-state index contributed by atoms with van der Waals surface area (Å²) in [5.41, 5.74) is 8.09. The van der Waals surface area contributed by atoms with Crippen LogP contribution in [0.5, 0.6) is 5.75 Å². The maximum atomic E-state index is 13.1. The molecule has 0 radical (unpaired) electrons. The Bertz CT molecular complexity index is 567. The van der Waals surface area contributed by atoms with E-state index in [1.165, 1.54) is 12.1 Å². The second kappa shape index (κ2) is 6.39. The minimum absolute atomic E-state index is 0.148. The van der Waals surface area contributed by atoms with Crippen molar-refractivity contribution in [3.05, 3.63) is 53.8 Å². The Kier molecular flexibility index (Phi) is 4.58. The van der Waals surface area contributed by atoms with Crippen LogP contribution in [0.1, 0.15) is 19.4 Å². The SMILES string of the molecule is CC(C)Oc1ccc(Nc2ccc(F)cc2CN)cc1. The van der Waals surface area contributed by atoms with Gasteiger partial charge in [0.25, 0.3) is 0 Å². The highest BCUT2D eigenvalue weighted by molar-refractivity contribution is 5.63. The third kappa shape index (κ3) is 3.71. The molecule has 0 unspecified atom stereocenters. The van der Waals surface area contributed by atoms with Gasteiger partial charge in [-0.25, -0.2) is 4.39 Å². The standard InChI is InChI=1S/C16H19FN2O/c1-11(2)20-15-6-4-14(5-7-15)19-16-8-3-13(17)9-12(16)10-18/h3-9,11,19H,10,18H2,1-2H3. The van der Waals surface area contributed by atoms with Crippen LogP contribution >= 0.6 is 0 Å². The lowest BCUT2D eigenvalue weighted by Crippen LogP contribution is -2.05. The molecule has 0 saturated carbocycles. The molecule has 2 rings (SSSR count). The van der Waals surface area contributed by atoms with E-state index in [1.807, 2.05) is 38.1 Å². The summed E-state index contributed by atoms with van der Waals surface area (Å²) in [6.45, 7) is 4.26. The first-order chi connectivity index (χ1) is 9.58. The topological polar surface area (TPSA) is 47.3 Å². The van der Waals surface area contributed by atoms with Gasteiger partial charge in [-0.1, -0.05) is 0 Å². The zero-order valence-corrected chi connectivity index (χ0v) is 11.7. The molecule has 20 heavy (non-hydrogen) atoms. The summed E-state index contributed by atoms with van der Waals surface area (Å²) in [6.07, 6.45) is 0.148. The number of rotatable bonds is 5. The van der Waals surface area contributed by atoms with E-state index in [0.29, 0.717) is 0 Å². The molecule has 0 heterocycles.